The number of nitrogens with zero attached hydrogens (tertiary/aromatic N) is 2. The van der Waals surface area contributed by atoms with E-state index < -0.39 is 34.1 Å². The van der Waals surface area contributed by atoms with E-state index in [4.69, 9.17) is 11.6 Å². The van der Waals surface area contributed by atoms with Gasteiger partial charge in [-0.15, -0.1) is 0 Å². The van der Waals surface area contributed by atoms with Crippen molar-refractivity contribution in [2.24, 2.45) is 0 Å². The predicted molar refractivity (Wildman–Crippen MR) is 145 cm³/mol. The molecule has 0 bridgehead atoms. The summed E-state index contributed by atoms with van der Waals surface area (Å²) in [6.45, 7) is 6.87. The van der Waals surface area contributed by atoms with Gasteiger partial charge in [0, 0.05) is 22.5 Å². The molecular formula is C27H32ClN3O4S. The minimum atomic E-state index is -3.82. The van der Waals surface area contributed by atoms with Gasteiger partial charge in [-0.3, -0.25) is 13.9 Å². The Morgan fingerprint density at radius 1 is 0.972 bits per heavy atom. The molecule has 3 rings (SSSR count). The van der Waals surface area contributed by atoms with Gasteiger partial charge in [0.05, 0.1) is 11.9 Å². The lowest BCUT2D eigenvalue weighted by Crippen LogP contribution is -2.54. The zero-order valence-corrected chi connectivity index (χ0v) is 22.7. The normalized spacial score (nSPS) is 12.7. The van der Waals surface area contributed by atoms with Gasteiger partial charge >= 0.3 is 0 Å². The first-order valence-corrected chi connectivity index (χ1v) is 13.8. The topological polar surface area (TPSA) is 86.8 Å². The van der Waals surface area contributed by atoms with Crippen LogP contribution in [0.2, 0.25) is 5.02 Å². The van der Waals surface area contributed by atoms with Crippen LogP contribution in [0.1, 0.15) is 33.3 Å². The lowest BCUT2D eigenvalue weighted by Gasteiger charge is -2.33. The molecule has 9 heteroatoms. The van der Waals surface area contributed by atoms with Crippen molar-refractivity contribution in [3.05, 3.63) is 77.3 Å². The van der Waals surface area contributed by atoms with Crippen molar-refractivity contribution in [2.75, 3.05) is 17.1 Å². The first kappa shape index (κ1) is 27.5. The van der Waals surface area contributed by atoms with Crippen LogP contribution < -0.4 is 9.62 Å². The number of carbonyl (C=O) groups excluding carboxylic acids is 2. The molecule has 0 aliphatic heterocycles. The van der Waals surface area contributed by atoms with E-state index >= 15 is 0 Å². The number of carbonyl (C=O) groups is 2. The highest BCUT2D eigenvalue weighted by atomic mass is 35.5. The molecular weight excluding hydrogens is 498 g/mol. The molecule has 0 aliphatic rings. The molecule has 0 saturated carbocycles. The Hall–Kier alpha value is -3.10. The number of rotatable bonds is 8. The van der Waals surface area contributed by atoms with Crippen molar-refractivity contribution in [1.82, 2.24) is 10.2 Å². The van der Waals surface area contributed by atoms with Crippen LogP contribution in [0.5, 0.6) is 0 Å². The number of fused-ring (bicyclic) bond motifs is 1. The highest BCUT2D eigenvalue weighted by molar-refractivity contribution is 7.92. The van der Waals surface area contributed by atoms with Crippen molar-refractivity contribution in [1.29, 1.82) is 0 Å². The third kappa shape index (κ3) is 6.98. The summed E-state index contributed by atoms with van der Waals surface area (Å²) < 4.78 is 26.9. The van der Waals surface area contributed by atoms with Crippen molar-refractivity contribution >= 4 is 49.9 Å². The molecule has 0 saturated heterocycles. The van der Waals surface area contributed by atoms with Crippen LogP contribution in [-0.2, 0) is 26.2 Å². The van der Waals surface area contributed by atoms with Gasteiger partial charge in [-0.05, 0) is 56.8 Å². The summed E-state index contributed by atoms with van der Waals surface area (Å²) in [7, 11) is -3.82. The van der Waals surface area contributed by atoms with E-state index in [0.29, 0.717) is 16.1 Å². The molecule has 0 spiro atoms. The smallest absolute Gasteiger partial charge is 0.244 e. The van der Waals surface area contributed by atoms with Crippen LogP contribution in [-0.4, -0.2) is 49.5 Å². The van der Waals surface area contributed by atoms with E-state index in [0.717, 1.165) is 21.5 Å². The average Bonchev–Trinajstić information content (AvgIpc) is 2.79. The maximum atomic E-state index is 13.7. The summed E-state index contributed by atoms with van der Waals surface area (Å²) in [4.78, 5) is 28.1. The zero-order valence-electron chi connectivity index (χ0n) is 21.2. The lowest BCUT2D eigenvalue weighted by atomic mass is 10.1. The quantitative estimate of drug-likeness (QED) is 0.462. The van der Waals surface area contributed by atoms with Gasteiger partial charge in [0.1, 0.15) is 12.6 Å². The summed E-state index contributed by atoms with van der Waals surface area (Å²) >= 11 is 6.01. The first-order chi connectivity index (χ1) is 16.8. The third-order valence-corrected chi connectivity index (χ3v) is 7.02. The summed E-state index contributed by atoms with van der Waals surface area (Å²) in [5.41, 5.74) is 0.670. The minimum Gasteiger partial charge on any atom is -0.350 e. The van der Waals surface area contributed by atoms with Gasteiger partial charge in [0.15, 0.2) is 0 Å². The highest BCUT2D eigenvalue weighted by Gasteiger charge is 2.31. The second-order valence-electron chi connectivity index (χ2n) is 9.83. The number of hydrogen-bond acceptors (Lipinski definition) is 4. The molecule has 0 heterocycles. The number of nitrogens with one attached hydrogen (secondary N) is 1. The molecule has 3 aromatic carbocycles. The number of amides is 2. The average molecular weight is 530 g/mol. The molecule has 7 nitrogen and oxygen atoms in total. The predicted octanol–water partition coefficient (Wildman–Crippen LogP) is 4.59. The maximum absolute atomic E-state index is 13.7. The summed E-state index contributed by atoms with van der Waals surface area (Å²) in [5, 5.41) is 5.02. The van der Waals surface area contributed by atoms with Crippen LogP contribution in [0.4, 0.5) is 5.69 Å². The van der Waals surface area contributed by atoms with Gasteiger partial charge in [0.25, 0.3) is 0 Å². The summed E-state index contributed by atoms with van der Waals surface area (Å²) in [6.07, 6.45) is 1.07. The molecule has 1 N–H and O–H groups in total. The summed E-state index contributed by atoms with van der Waals surface area (Å²) in [6, 6.07) is 18.8. The number of benzene rings is 3. The second-order valence-corrected chi connectivity index (χ2v) is 12.2. The Balaban J connectivity index is 1.99. The number of anilines is 1. The second kappa shape index (κ2) is 10.9. The van der Waals surface area contributed by atoms with Crippen molar-refractivity contribution in [3.63, 3.8) is 0 Å². The standard InChI is InChI=1S/C27H32ClN3O4S/c1-19(26(33)29-27(2,3)4)30(17-20-13-15-22(28)16-14-20)25(32)18-31(36(5,34)35)24-12-8-10-21-9-6-7-11-23(21)24/h6-16,19H,17-18H2,1-5H3,(H,29,33). The van der Waals surface area contributed by atoms with Gasteiger partial charge in [-0.1, -0.05) is 60.1 Å². The highest BCUT2D eigenvalue weighted by Crippen LogP contribution is 2.28. The van der Waals surface area contributed by atoms with Crippen LogP contribution in [0.25, 0.3) is 10.8 Å². The van der Waals surface area contributed by atoms with Crippen LogP contribution in [0, 0.1) is 0 Å². The minimum absolute atomic E-state index is 0.113. The van der Waals surface area contributed by atoms with E-state index in [1.54, 1.807) is 43.3 Å². The molecule has 1 atom stereocenters. The zero-order chi connectivity index (χ0) is 26.7. The molecule has 0 aliphatic carbocycles. The number of sulfonamides is 1. The van der Waals surface area contributed by atoms with E-state index in [1.165, 1.54) is 4.90 Å². The Morgan fingerprint density at radius 2 is 1.58 bits per heavy atom. The number of halogens is 1. The Labute approximate surface area is 218 Å². The van der Waals surface area contributed by atoms with Crippen LogP contribution >= 0.6 is 11.6 Å². The van der Waals surface area contributed by atoms with Crippen LogP contribution in [0.15, 0.2) is 66.7 Å². The molecule has 1 unspecified atom stereocenters. The molecule has 3 aromatic rings. The van der Waals surface area contributed by atoms with Gasteiger partial charge in [0.2, 0.25) is 21.8 Å². The monoisotopic (exact) mass is 529 g/mol. The molecule has 192 valence electrons. The molecule has 0 fully saturated rings. The fourth-order valence-electron chi connectivity index (χ4n) is 3.86. The van der Waals surface area contributed by atoms with E-state index in [2.05, 4.69) is 5.32 Å². The fourth-order valence-corrected chi connectivity index (χ4v) is 4.85. The molecule has 36 heavy (non-hydrogen) atoms. The Morgan fingerprint density at radius 3 is 2.19 bits per heavy atom. The SMILES string of the molecule is CC(C(=O)NC(C)(C)C)N(Cc1ccc(Cl)cc1)C(=O)CN(c1cccc2ccccc12)S(C)(=O)=O. The molecule has 0 radical (unpaired) electrons. The summed E-state index contributed by atoms with van der Waals surface area (Å²) in [5.74, 6) is -0.833. The van der Waals surface area contributed by atoms with Gasteiger partial charge < -0.3 is 10.2 Å². The fraction of sp³-hybridized carbons (Fsp3) is 0.333. The molecule has 2 amide bonds. The largest absolute Gasteiger partial charge is 0.350 e. The Kier molecular flexibility index (Phi) is 8.31. The molecule has 0 aromatic heterocycles. The third-order valence-electron chi connectivity index (χ3n) is 5.65. The van der Waals surface area contributed by atoms with E-state index in [1.807, 2.05) is 51.1 Å². The number of hydrogen-bond donors (Lipinski definition) is 1. The van der Waals surface area contributed by atoms with Crippen LogP contribution in [0.3, 0.4) is 0 Å². The first-order valence-electron chi connectivity index (χ1n) is 11.6. The Bertz CT molecular complexity index is 1350. The van der Waals surface area contributed by atoms with Crippen molar-refractivity contribution < 1.29 is 18.0 Å². The van der Waals surface area contributed by atoms with Crippen molar-refractivity contribution in [3.8, 4) is 0 Å². The maximum Gasteiger partial charge on any atom is 0.244 e. The van der Waals surface area contributed by atoms with Gasteiger partial charge in [-0.2, -0.15) is 0 Å². The van der Waals surface area contributed by atoms with E-state index in [9.17, 15) is 18.0 Å². The van der Waals surface area contributed by atoms with Crippen molar-refractivity contribution in [2.45, 2.75) is 45.8 Å². The van der Waals surface area contributed by atoms with E-state index in [-0.39, 0.29) is 12.5 Å². The lowest BCUT2D eigenvalue weighted by molar-refractivity contribution is -0.140. The van der Waals surface area contributed by atoms with Gasteiger partial charge in [-0.25, -0.2) is 8.42 Å².